The highest BCUT2D eigenvalue weighted by atomic mass is 15.0. The second-order valence-corrected chi connectivity index (χ2v) is 4.70. The number of fused-ring (bicyclic) bond motifs is 3. The first-order valence-corrected chi connectivity index (χ1v) is 6.53. The van der Waals surface area contributed by atoms with E-state index < -0.39 is 0 Å². The number of anilines is 1. The van der Waals surface area contributed by atoms with Crippen molar-refractivity contribution in [1.29, 1.82) is 0 Å². The summed E-state index contributed by atoms with van der Waals surface area (Å²) in [6, 6.07) is 6.22. The predicted octanol–water partition coefficient (Wildman–Crippen LogP) is 3.76. The maximum absolute atomic E-state index is 5.93. The molecule has 1 heterocycles. The van der Waals surface area contributed by atoms with E-state index in [2.05, 4.69) is 47.9 Å². The number of aryl methyl sites for hydroxylation is 1. The summed E-state index contributed by atoms with van der Waals surface area (Å²) in [6.45, 7) is 3.18. The number of benzene rings is 1. The van der Waals surface area contributed by atoms with Gasteiger partial charge in [0.05, 0.1) is 0 Å². The smallest absolute Gasteiger partial charge is 0.0489 e. The summed E-state index contributed by atoms with van der Waals surface area (Å²) in [5, 5.41) is 1.29. The van der Waals surface area contributed by atoms with Gasteiger partial charge >= 0.3 is 0 Å². The lowest BCUT2D eigenvalue weighted by molar-refractivity contribution is 0.785. The maximum atomic E-state index is 5.93. The van der Waals surface area contributed by atoms with Crippen molar-refractivity contribution in [2.24, 2.45) is 0 Å². The molecular weight excluding hydrogens is 220 g/mol. The Kier molecular flexibility index (Phi) is 2.71. The Labute approximate surface area is 107 Å². The van der Waals surface area contributed by atoms with Gasteiger partial charge in [0.25, 0.3) is 0 Å². The van der Waals surface area contributed by atoms with Crippen LogP contribution >= 0.6 is 0 Å². The molecular formula is C16H18N2. The van der Waals surface area contributed by atoms with Crippen molar-refractivity contribution in [2.75, 3.05) is 5.73 Å². The van der Waals surface area contributed by atoms with E-state index in [4.69, 9.17) is 5.73 Å². The number of nitrogen functional groups attached to an aromatic ring is 1. The largest absolute Gasteiger partial charge is 0.399 e. The van der Waals surface area contributed by atoms with Crippen LogP contribution in [0.4, 0.5) is 5.69 Å². The fraction of sp³-hybridized carbons (Fsp3) is 0.250. The highest BCUT2D eigenvalue weighted by molar-refractivity contribution is 5.90. The van der Waals surface area contributed by atoms with Crippen LogP contribution < -0.4 is 5.73 Å². The fourth-order valence-corrected chi connectivity index (χ4v) is 2.76. The SMILES string of the molecule is CCn1c2c(c3cc(N)ccc31)C/C=C\CC=C2. The Bertz CT molecular complexity index is 645. The Morgan fingerprint density at radius 1 is 1.22 bits per heavy atom. The molecule has 0 aliphatic heterocycles. The molecule has 2 aromatic rings. The van der Waals surface area contributed by atoms with E-state index in [1.54, 1.807) is 0 Å². The lowest BCUT2D eigenvalue weighted by Crippen LogP contribution is -1.98. The summed E-state index contributed by atoms with van der Waals surface area (Å²) >= 11 is 0. The summed E-state index contributed by atoms with van der Waals surface area (Å²) in [7, 11) is 0. The first-order chi connectivity index (χ1) is 8.81. The van der Waals surface area contributed by atoms with Gasteiger partial charge in [-0.3, -0.25) is 0 Å². The van der Waals surface area contributed by atoms with Crippen molar-refractivity contribution < 1.29 is 0 Å². The van der Waals surface area contributed by atoms with Gasteiger partial charge in [-0.1, -0.05) is 18.2 Å². The lowest BCUT2D eigenvalue weighted by Gasteiger charge is -2.06. The van der Waals surface area contributed by atoms with Crippen molar-refractivity contribution in [3.8, 4) is 0 Å². The van der Waals surface area contributed by atoms with Gasteiger partial charge in [-0.05, 0) is 49.6 Å². The summed E-state index contributed by atoms with van der Waals surface area (Å²) in [5.41, 5.74) is 10.8. The molecule has 0 fully saturated rings. The molecule has 0 radical (unpaired) electrons. The van der Waals surface area contributed by atoms with E-state index in [1.165, 1.54) is 22.2 Å². The van der Waals surface area contributed by atoms with Crippen LogP contribution in [0, 0.1) is 0 Å². The zero-order chi connectivity index (χ0) is 12.5. The quantitative estimate of drug-likeness (QED) is 0.595. The molecule has 1 aromatic carbocycles. The maximum Gasteiger partial charge on any atom is 0.0489 e. The van der Waals surface area contributed by atoms with Crippen molar-refractivity contribution in [3.05, 3.63) is 47.7 Å². The van der Waals surface area contributed by atoms with E-state index in [0.717, 1.165) is 25.1 Å². The van der Waals surface area contributed by atoms with E-state index in [-0.39, 0.29) is 0 Å². The highest BCUT2D eigenvalue weighted by Crippen LogP contribution is 2.30. The van der Waals surface area contributed by atoms with Gasteiger partial charge in [0, 0.05) is 28.8 Å². The second-order valence-electron chi connectivity index (χ2n) is 4.70. The van der Waals surface area contributed by atoms with Gasteiger partial charge in [0.2, 0.25) is 0 Å². The van der Waals surface area contributed by atoms with Crippen LogP contribution in [0.2, 0.25) is 0 Å². The van der Waals surface area contributed by atoms with Crippen molar-refractivity contribution in [1.82, 2.24) is 4.57 Å². The number of rotatable bonds is 1. The molecule has 0 atom stereocenters. The van der Waals surface area contributed by atoms with Crippen molar-refractivity contribution >= 4 is 22.7 Å². The minimum absolute atomic E-state index is 0.841. The van der Waals surface area contributed by atoms with Gasteiger partial charge < -0.3 is 10.3 Å². The molecule has 18 heavy (non-hydrogen) atoms. The molecule has 0 saturated carbocycles. The molecule has 2 nitrogen and oxygen atoms in total. The summed E-state index contributed by atoms with van der Waals surface area (Å²) in [4.78, 5) is 0. The van der Waals surface area contributed by atoms with Crippen LogP contribution in [-0.4, -0.2) is 4.57 Å². The molecule has 1 aliphatic carbocycles. The Balaban J connectivity index is 2.37. The first kappa shape index (κ1) is 11.1. The van der Waals surface area contributed by atoms with Crippen molar-refractivity contribution in [3.63, 3.8) is 0 Å². The molecule has 0 bridgehead atoms. The normalized spacial score (nSPS) is 16.3. The molecule has 2 N–H and O–H groups in total. The molecule has 92 valence electrons. The molecule has 3 rings (SSSR count). The van der Waals surface area contributed by atoms with Crippen LogP contribution in [-0.2, 0) is 13.0 Å². The number of aromatic nitrogens is 1. The molecule has 0 amide bonds. The summed E-state index contributed by atoms with van der Waals surface area (Å²) in [5.74, 6) is 0. The number of hydrogen-bond donors (Lipinski definition) is 1. The number of hydrogen-bond acceptors (Lipinski definition) is 1. The van der Waals surface area contributed by atoms with E-state index in [1.807, 2.05) is 6.07 Å². The molecule has 1 aliphatic rings. The zero-order valence-electron chi connectivity index (χ0n) is 10.7. The number of nitrogens with two attached hydrogens (primary N) is 1. The minimum Gasteiger partial charge on any atom is -0.399 e. The van der Waals surface area contributed by atoms with E-state index in [0.29, 0.717) is 0 Å². The van der Waals surface area contributed by atoms with Crippen molar-refractivity contribution in [2.45, 2.75) is 26.3 Å². The summed E-state index contributed by atoms with van der Waals surface area (Å²) in [6.07, 6.45) is 11.0. The minimum atomic E-state index is 0.841. The third kappa shape index (κ3) is 1.65. The monoisotopic (exact) mass is 238 g/mol. The topological polar surface area (TPSA) is 30.9 Å². The van der Waals surface area contributed by atoms with E-state index in [9.17, 15) is 0 Å². The Morgan fingerprint density at radius 2 is 2.11 bits per heavy atom. The average molecular weight is 238 g/mol. The molecule has 1 aromatic heterocycles. The molecule has 2 heteroatoms. The average Bonchev–Trinajstić information content (AvgIpc) is 2.60. The molecule has 0 saturated heterocycles. The predicted molar refractivity (Wildman–Crippen MR) is 78.5 cm³/mol. The van der Waals surface area contributed by atoms with Gasteiger partial charge in [-0.2, -0.15) is 0 Å². The van der Waals surface area contributed by atoms with Crippen LogP contribution in [0.1, 0.15) is 24.6 Å². The van der Waals surface area contributed by atoms with E-state index >= 15 is 0 Å². The summed E-state index contributed by atoms with van der Waals surface area (Å²) < 4.78 is 2.37. The van der Waals surface area contributed by atoms with Gasteiger partial charge in [0.15, 0.2) is 0 Å². The fourth-order valence-electron chi connectivity index (χ4n) is 2.76. The van der Waals surface area contributed by atoms with Crippen LogP contribution in [0.5, 0.6) is 0 Å². The lowest BCUT2D eigenvalue weighted by atomic mass is 10.0. The van der Waals surface area contributed by atoms with Crippen LogP contribution in [0.15, 0.2) is 36.4 Å². The highest BCUT2D eigenvalue weighted by Gasteiger charge is 2.14. The third-order valence-electron chi connectivity index (χ3n) is 3.59. The Hall–Kier alpha value is -1.96. The molecule has 0 unspecified atom stereocenters. The number of nitrogens with zero attached hydrogens (tertiary/aromatic N) is 1. The number of allylic oxidation sites excluding steroid dienone is 3. The first-order valence-electron chi connectivity index (χ1n) is 6.53. The van der Waals surface area contributed by atoms with Gasteiger partial charge in [-0.15, -0.1) is 0 Å². The molecule has 0 spiro atoms. The van der Waals surface area contributed by atoms with Crippen LogP contribution in [0.3, 0.4) is 0 Å². The standard InChI is InChI=1S/C16H18N2/c1-2-18-15-8-6-4-3-5-7-13(15)14-11-12(17)9-10-16(14)18/h3,5-6,8-11H,2,4,7,17H2,1H3/b5-3-,8-6?. The van der Waals surface area contributed by atoms with Gasteiger partial charge in [-0.25, -0.2) is 0 Å². The van der Waals surface area contributed by atoms with Crippen LogP contribution in [0.25, 0.3) is 17.0 Å². The Morgan fingerprint density at radius 3 is 2.94 bits per heavy atom. The third-order valence-corrected chi connectivity index (χ3v) is 3.59. The van der Waals surface area contributed by atoms with Gasteiger partial charge in [0.1, 0.15) is 0 Å². The zero-order valence-corrected chi connectivity index (χ0v) is 10.7. The second kappa shape index (κ2) is 4.37.